The van der Waals surface area contributed by atoms with Crippen molar-refractivity contribution in [3.8, 4) is 29.0 Å². The van der Waals surface area contributed by atoms with Gasteiger partial charge in [0.05, 0.1) is 17.7 Å². The molecule has 0 saturated heterocycles. The van der Waals surface area contributed by atoms with E-state index >= 15 is 0 Å². The number of nitrogens with two attached hydrogens (primary N) is 1. The monoisotopic (exact) mass is 415 g/mol. The summed E-state index contributed by atoms with van der Waals surface area (Å²) in [5.74, 6) is 3.53. The third kappa shape index (κ3) is 3.37. The van der Waals surface area contributed by atoms with Gasteiger partial charge in [-0.15, -0.1) is 0 Å². The number of hydrogen-bond donors (Lipinski definition) is 2. The van der Waals surface area contributed by atoms with Crippen molar-refractivity contribution in [3.63, 3.8) is 0 Å². The average molecular weight is 415 g/mol. The first-order chi connectivity index (χ1) is 14.3. The number of carbonyl (C=O) groups excluding carboxylic acids is 1. The number of alkyl halides is 1. The number of carbonyl (C=O) groups is 1. The zero-order valence-electron chi connectivity index (χ0n) is 15.6. The van der Waals surface area contributed by atoms with E-state index in [1.807, 2.05) is 0 Å². The number of fused-ring (bicyclic) bond motifs is 3. The SMILES string of the molecule is Cc1nc(C(O)(C#Cc2cc3c(cc2F)OCCn2cc(C(N)=O)nc2-3)CF)no1. The highest BCUT2D eigenvalue weighted by Gasteiger charge is 2.33. The Morgan fingerprint density at radius 2 is 2.23 bits per heavy atom. The molecule has 1 atom stereocenters. The Bertz CT molecular complexity index is 1210. The van der Waals surface area contributed by atoms with Crippen molar-refractivity contribution in [2.24, 2.45) is 5.73 Å². The molecule has 30 heavy (non-hydrogen) atoms. The Hall–Kier alpha value is -3.78. The van der Waals surface area contributed by atoms with Crippen LogP contribution in [0.4, 0.5) is 8.78 Å². The molecule has 3 heterocycles. The Morgan fingerprint density at radius 3 is 2.90 bits per heavy atom. The normalized spacial score (nSPS) is 14.4. The van der Waals surface area contributed by atoms with Gasteiger partial charge in [0.15, 0.2) is 0 Å². The molecule has 0 spiro atoms. The van der Waals surface area contributed by atoms with E-state index in [0.29, 0.717) is 17.9 Å². The summed E-state index contributed by atoms with van der Waals surface area (Å²) in [5, 5.41) is 13.9. The topological polar surface area (TPSA) is 129 Å². The fourth-order valence-electron chi connectivity index (χ4n) is 2.91. The Morgan fingerprint density at radius 1 is 1.43 bits per heavy atom. The van der Waals surface area contributed by atoms with E-state index in [4.69, 9.17) is 15.0 Å². The van der Waals surface area contributed by atoms with Gasteiger partial charge in [-0.2, -0.15) is 4.98 Å². The molecule has 1 aromatic carbocycles. The fourth-order valence-corrected chi connectivity index (χ4v) is 2.91. The third-order valence-electron chi connectivity index (χ3n) is 4.42. The summed E-state index contributed by atoms with van der Waals surface area (Å²) in [4.78, 5) is 19.4. The van der Waals surface area contributed by atoms with Gasteiger partial charge in [-0.25, -0.2) is 13.8 Å². The number of aryl methyl sites for hydroxylation is 1. The molecule has 2 aromatic heterocycles. The third-order valence-corrected chi connectivity index (χ3v) is 4.42. The second kappa shape index (κ2) is 7.23. The zero-order valence-corrected chi connectivity index (χ0v) is 15.6. The zero-order chi connectivity index (χ0) is 21.5. The number of amides is 1. The molecular formula is C19H15F2N5O4. The Balaban J connectivity index is 1.80. The maximum absolute atomic E-state index is 14.6. The minimum Gasteiger partial charge on any atom is -0.491 e. The lowest BCUT2D eigenvalue weighted by molar-refractivity contribution is 0.0586. The van der Waals surface area contributed by atoms with E-state index in [2.05, 4.69) is 27.0 Å². The summed E-state index contributed by atoms with van der Waals surface area (Å²) in [6.45, 7) is 0.724. The summed E-state index contributed by atoms with van der Waals surface area (Å²) in [7, 11) is 0. The first-order valence-electron chi connectivity index (χ1n) is 8.77. The first kappa shape index (κ1) is 19.5. The number of aliphatic hydroxyl groups is 1. The van der Waals surface area contributed by atoms with Gasteiger partial charge >= 0.3 is 0 Å². The van der Waals surface area contributed by atoms with E-state index in [9.17, 15) is 18.7 Å². The summed E-state index contributed by atoms with van der Waals surface area (Å²) >= 11 is 0. The van der Waals surface area contributed by atoms with Gasteiger partial charge < -0.3 is 24.7 Å². The second-order valence-electron chi connectivity index (χ2n) is 6.56. The molecule has 154 valence electrons. The van der Waals surface area contributed by atoms with Crippen LogP contribution in [0.3, 0.4) is 0 Å². The van der Waals surface area contributed by atoms with Crippen molar-refractivity contribution in [2.45, 2.75) is 19.1 Å². The van der Waals surface area contributed by atoms with Crippen molar-refractivity contribution in [3.05, 3.63) is 47.1 Å². The molecule has 4 rings (SSSR count). The molecule has 0 saturated carbocycles. The van der Waals surface area contributed by atoms with Crippen molar-refractivity contribution < 1.29 is 27.9 Å². The molecule has 1 aliphatic rings. The van der Waals surface area contributed by atoms with Crippen LogP contribution in [0.5, 0.6) is 5.75 Å². The molecule has 1 amide bonds. The molecule has 3 N–H and O–H groups in total. The van der Waals surface area contributed by atoms with E-state index in [-0.39, 0.29) is 35.3 Å². The molecule has 3 aromatic rings. The molecule has 11 heteroatoms. The molecule has 0 radical (unpaired) electrons. The van der Waals surface area contributed by atoms with E-state index in [0.717, 1.165) is 6.07 Å². The van der Waals surface area contributed by atoms with Crippen molar-refractivity contribution in [2.75, 3.05) is 13.3 Å². The van der Waals surface area contributed by atoms with Gasteiger partial charge in [0.25, 0.3) is 5.91 Å². The lowest BCUT2D eigenvalue weighted by atomic mass is 10.0. The van der Waals surface area contributed by atoms with Crippen LogP contribution in [0.25, 0.3) is 11.4 Å². The predicted molar refractivity (Wildman–Crippen MR) is 97.4 cm³/mol. The van der Waals surface area contributed by atoms with Crippen LogP contribution in [0.2, 0.25) is 0 Å². The fraction of sp³-hybridized carbons (Fsp3) is 0.263. The highest BCUT2D eigenvalue weighted by molar-refractivity contribution is 5.91. The lowest BCUT2D eigenvalue weighted by Gasteiger charge is -2.13. The maximum Gasteiger partial charge on any atom is 0.268 e. The summed E-state index contributed by atoms with van der Waals surface area (Å²) in [5.41, 5.74) is 3.19. The molecule has 1 aliphatic heterocycles. The Labute approximate surface area is 168 Å². The predicted octanol–water partition coefficient (Wildman–Crippen LogP) is 1.08. The van der Waals surface area contributed by atoms with Gasteiger partial charge in [0, 0.05) is 19.2 Å². The number of imidazole rings is 1. The van der Waals surface area contributed by atoms with Crippen LogP contribution in [-0.2, 0) is 12.1 Å². The lowest BCUT2D eigenvalue weighted by Crippen LogP contribution is -2.28. The number of nitrogens with zero attached hydrogens (tertiary/aromatic N) is 4. The number of hydrogen-bond acceptors (Lipinski definition) is 7. The van der Waals surface area contributed by atoms with Gasteiger partial charge in [0.1, 0.15) is 36.4 Å². The number of halogens is 2. The number of primary amides is 1. The highest BCUT2D eigenvalue weighted by atomic mass is 19.1. The van der Waals surface area contributed by atoms with E-state index in [1.54, 1.807) is 4.57 Å². The molecular weight excluding hydrogens is 400 g/mol. The van der Waals surface area contributed by atoms with Crippen LogP contribution < -0.4 is 10.5 Å². The van der Waals surface area contributed by atoms with Gasteiger partial charge in [-0.3, -0.25) is 4.79 Å². The maximum atomic E-state index is 14.6. The van der Waals surface area contributed by atoms with Crippen LogP contribution in [0.1, 0.15) is 27.8 Å². The van der Waals surface area contributed by atoms with Gasteiger partial charge in [0.2, 0.25) is 17.3 Å². The number of benzene rings is 1. The van der Waals surface area contributed by atoms with Crippen molar-refractivity contribution in [1.82, 2.24) is 19.7 Å². The average Bonchev–Trinajstić information content (AvgIpc) is 3.30. The minimum absolute atomic E-state index is 0.0501. The van der Waals surface area contributed by atoms with Gasteiger partial charge in [-0.05, 0) is 6.07 Å². The summed E-state index contributed by atoms with van der Waals surface area (Å²) in [6, 6.07) is 2.45. The molecule has 0 aliphatic carbocycles. The van der Waals surface area contributed by atoms with E-state index in [1.165, 1.54) is 19.2 Å². The summed E-state index contributed by atoms with van der Waals surface area (Å²) < 4.78 is 40.0. The minimum atomic E-state index is -2.37. The molecule has 1 unspecified atom stereocenters. The molecule has 0 bridgehead atoms. The van der Waals surface area contributed by atoms with Crippen LogP contribution in [-0.4, -0.2) is 44.0 Å². The summed E-state index contributed by atoms with van der Waals surface area (Å²) in [6.07, 6.45) is 1.48. The highest BCUT2D eigenvalue weighted by Crippen LogP contribution is 2.34. The number of rotatable bonds is 3. The number of aromatic nitrogens is 4. The smallest absolute Gasteiger partial charge is 0.268 e. The van der Waals surface area contributed by atoms with Crippen LogP contribution >= 0.6 is 0 Å². The first-order valence-corrected chi connectivity index (χ1v) is 8.77. The standard InChI is InChI=1S/C19H15F2N5O4/c1-10-23-18(25-30-10)19(28,9-20)3-2-11-6-12-15(7-13(11)21)29-5-4-26-8-14(16(22)27)24-17(12)26/h6-8,28H,4-5,9H2,1H3,(H2,22,27). The largest absolute Gasteiger partial charge is 0.491 e. The van der Waals surface area contributed by atoms with Crippen molar-refractivity contribution in [1.29, 1.82) is 0 Å². The van der Waals surface area contributed by atoms with E-state index < -0.39 is 24.0 Å². The second-order valence-corrected chi connectivity index (χ2v) is 6.56. The number of ether oxygens (including phenoxy) is 1. The van der Waals surface area contributed by atoms with Crippen LogP contribution in [0, 0.1) is 24.6 Å². The van der Waals surface area contributed by atoms with Gasteiger partial charge in [-0.1, -0.05) is 17.0 Å². The Kier molecular flexibility index (Phi) is 4.71. The van der Waals surface area contributed by atoms with Crippen LogP contribution in [0.15, 0.2) is 22.9 Å². The quantitative estimate of drug-likeness (QED) is 0.613. The molecule has 9 nitrogen and oxygen atoms in total. The molecule has 0 fully saturated rings. The van der Waals surface area contributed by atoms with Crippen molar-refractivity contribution >= 4 is 5.91 Å².